The summed E-state index contributed by atoms with van der Waals surface area (Å²) in [5.41, 5.74) is 3.60. The fourth-order valence-electron chi connectivity index (χ4n) is 4.50. The monoisotopic (exact) mass is 513 g/mol. The summed E-state index contributed by atoms with van der Waals surface area (Å²) in [5.74, 6) is 2.10. The number of carbonyl (C=O) groups is 1. The molecule has 0 amide bonds. The lowest BCUT2D eigenvalue weighted by Crippen LogP contribution is -2.30. The van der Waals surface area contributed by atoms with Crippen LogP contribution < -0.4 is 15.4 Å². The molecule has 4 aromatic rings. The van der Waals surface area contributed by atoms with Gasteiger partial charge in [-0.1, -0.05) is 18.9 Å². The zero-order valence-corrected chi connectivity index (χ0v) is 21.5. The van der Waals surface area contributed by atoms with Crippen LogP contribution in [0.15, 0.2) is 61.4 Å². The summed E-state index contributed by atoms with van der Waals surface area (Å²) in [6.45, 7) is 1.97. The van der Waals surface area contributed by atoms with E-state index < -0.39 is 6.23 Å². The lowest BCUT2D eigenvalue weighted by Gasteiger charge is -2.17. The minimum Gasteiger partial charge on any atom is -0.496 e. The maximum absolute atomic E-state index is 12.2. The minimum absolute atomic E-state index is 0.0627. The molecular formula is C28H31N7O3. The summed E-state index contributed by atoms with van der Waals surface area (Å²) in [5, 5.41) is 7.33. The molecule has 1 unspecified atom stereocenters. The first-order valence-electron chi connectivity index (χ1n) is 12.7. The van der Waals surface area contributed by atoms with Crippen LogP contribution in [0.5, 0.6) is 5.75 Å². The quantitative estimate of drug-likeness (QED) is 0.228. The molecule has 3 aromatic heterocycles. The Labute approximate surface area is 220 Å². The Balaban J connectivity index is 1.30. The number of anilines is 1. The van der Waals surface area contributed by atoms with Crippen LogP contribution in [-0.2, 0) is 9.53 Å². The molecule has 5 rings (SSSR count). The number of ether oxygens (including phenoxy) is 2. The summed E-state index contributed by atoms with van der Waals surface area (Å²) < 4.78 is 10.9. The minimum atomic E-state index is -0.548. The van der Waals surface area contributed by atoms with Gasteiger partial charge in [-0.2, -0.15) is 0 Å². The van der Waals surface area contributed by atoms with Crippen LogP contribution in [0.4, 0.5) is 5.95 Å². The van der Waals surface area contributed by atoms with E-state index in [2.05, 4.69) is 42.7 Å². The van der Waals surface area contributed by atoms with Crippen LogP contribution >= 0.6 is 0 Å². The number of aromatic amines is 1. The lowest BCUT2D eigenvalue weighted by atomic mass is 10.0. The maximum atomic E-state index is 12.2. The molecule has 38 heavy (non-hydrogen) atoms. The summed E-state index contributed by atoms with van der Waals surface area (Å²) in [6.07, 6.45) is 11.7. The topological polar surface area (TPSA) is 127 Å². The largest absolute Gasteiger partial charge is 0.496 e. The average molecular weight is 514 g/mol. The number of hydrogen-bond donors (Lipinski definition) is 3. The van der Waals surface area contributed by atoms with E-state index in [1.54, 1.807) is 31.8 Å². The van der Waals surface area contributed by atoms with Gasteiger partial charge in [0.2, 0.25) is 12.2 Å². The fraction of sp³-hybridized carbons (Fsp3) is 0.321. The first-order chi connectivity index (χ1) is 18.6. The number of methoxy groups -OCH3 is 1. The molecule has 1 aliphatic rings. The van der Waals surface area contributed by atoms with Gasteiger partial charge in [-0.15, -0.1) is 0 Å². The Morgan fingerprint density at radius 3 is 2.82 bits per heavy atom. The molecule has 2 atom stereocenters. The number of imidazole rings is 1. The van der Waals surface area contributed by atoms with Gasteiger partial charge in [-0.3, -0.25) is 9.78 Å². The second-order valence-electron chi connectivity index (χ2n) is 9.20. The lowest BCUT2D eigenvalue weighted by molar-refractivity contribution is -0.127. The van der Waals surface area contributed by atoms with Gasteiger partial charge in [0.25, 0.3) is 0 Å². The number of ketones is 1. The van der Waals surface area contributed by atoms with Crippen LogP contribution in [0.3, 0.4) is 0 Å². The zero-order valence-electron chi connectivity index (χ0n) is 21.5. The number of aromatic nitrogens is 5. The molecule has 3 N–H and O–H groups in total. The molecule has 0 spiro atoms. The van der Waals surface area contributed by atoms with Crippen LogP contribution in [0, 0.1) is 6.92 Å². The standard InChI is InChI=1S/C28H31N7O3/c1-18-9-10-19-15-20(25(37-2)16-22(19)33-18)23-17-32-26(34-23)21(35-28-30-11-6-12-31-28)7-4-3-5-8-24(36)27-29-13-14-38-27/h6,9-17,21,27,29H,3-5,7-8H2,1-2H3,(H,32,34)(H,30,31,35)/t21-,27?/m0/s1. The molecule has 0 bridgehead atoms. The first kappa shape index (κ1) is 25.2. The summed E-state index contributed by atoms with van der Waals surface area (Å²) in [6, 6.07) is 9.72. The number of nitrogens with one attached hydrogen (secondary N) is 3. The molecule has 0 saturated carbocycles. The number of benzene rings is 1. The van der Waals surface area contributed by atoms with Crippen molar-refractivity contribution in [3.63, 3.8) is 0 Å². The Bertz CT molecular complexity index is 1410. The molecule has 10 nitrogen and oxygen atoms in total. The van der Waals surface area contributed by atoms with Crippen molar-refractivity contribution in [1.82, 2.24) is 30.2 Å². The maximum Gasteiger partial charge on any atom is 0.228 e. The predicted octanol–water partition coefficient (Wildman–Crippen LogP) is 4.82. The van der Waals surface area contributed by atoms with Gasteiger partial charge < -0.3 is 25.1 Å². The normalized spacial score (nSPS) is 15.2. The van der Waals surface area contributed by atoms with Crippen molar-refractivity contribution >= 4 is 22.6 Å². The molecule has 0 saturated heterocycles. The van der Waals surface area contributed by atoms with Gasteiger partial charge >= 0.3 is 0 Å². The van der Waals surface area contributed by atoms with E-state index in [1.165, 1.54) is 6.26 Å². The molecule has 1 aliphatic heterocycles. The molecule has 1 aromatic carbocycles. The van der Waals surface area contributed by atoms with Gasteiger partial charge in [0.15, 0.2) is 5.78 Å². The summed E-state index contributed by atoms with van der Waals surface area (Å²) >= 11 is 0. The highest BCUT2D eigenvalue weighted by Gasteiger charge is 2.21. The van der Waals surface area contributed by atoms with Crippen molar-refractivity contribution < 1.29 is 14.3 Å². The summed E-state index contributed by atoms with van der Waals surface area (Å²) in [4.78, 5) is 33.7. The van der Waals surface area contributed by atoms with E-state index in [9.17, 15) is 4.79 Å². The third-order valence-electron chi connectivity index (χ3n) is 6.47. The van der Waals surface area contributed by atoms with Crippen LogP contribution in [0.2, 0.25) is 0 Å². The summed E-state index contributed by atoms with van der Waals surface area (Å²) in [7, 11) is 1.66. The van der Waals surface area contributed by atoms with Crippen molar-refractivity contribution in [3.8, 4) is 17.0 Å². The molecule has 0 fully saturated rings. The van der Waals surface area contributed by atoms with E-state index in [0.29, 0.717) is 12.4 Å². The van der Waals surface area contributed by atoms with Crippen LogP contribution in [0.1, 0.15) is 49.7 Å². The second-order valence-corrected chi connectivity index (χ2v) is 9.20. The van der Waals surface area contributed by atoms with E-state index in [4.69, 9.17) is 14.5 Å². The van der Waals surface area contributed by atoms with Gasteiger partial charge in [0.05, 0.1) is 30.6 Å². The molecule has 4 heterocycles. The predicted molar refractivity (Wildman–Crippen MR) is 144 cm³/mol. The fourth-order valence-corrected chi connectivity index (χ4v) is 4.50. The smallest absolute Gasteiger partial charge is 0.228 e. The molecular weight excluding hydrogens is 482 g/mol. The van der Waals surface area contributed by atoms with Gasteiger partial charge in [0.1, 0.15) is 17.8 Å². The number of Topliss-reactive ketones (excluding diaryl/α,β-unsaturated/α-hetero) is 1. The number of H-pyrrole nitrogens is 1. The number of pyridine rings is 1. The van der Waals surface area contributed by atoms with Crippen molar-refractivity contribution in [2.45, 2.75) is 51.3 Å². The number of unbranched alkanes of at least 4 members (excludes halogenated alkanes) is 2. The van der Waals surface area contributed by atoms with Crippen molar-refractivity contribution in [3.05, 3.63) is 72.9 Å². The van der Waals surface area contributed by atoms with E-state index in [0.717, 1.165) is 65.1 Å². The number of rotatable bonds is 12. The van der Waals surface area contributed by atoms with E-state index in [-0.39, 0.29) is 11.8 Å². The molecule has 0 radical (unpaired) electrons. The highest BCUT2D eigenvalue weighted by atomic mass is 16.5. The Morgan fingerprint density at radius 1 is 1.16 bits per heavy atom. The highest BCUT2D eigenvalue weighted by Crippen LogP contribution is 2.34. The Kier molecular flexibility index (Phi) is 7.77. The van der Waals surface area contributed by atoms with Gasteiger partial charge in [-0.25, -0.2) is 15.0 Å². The zero-order chi connectivity index (χ0) is 26.3. The number of nitrogens with zero attached hydrogens (tertiary/aromatic N) is 4. The van der Waals surface area contributed by atoms with Crippen LogP contribution in [-0.4, -0.2) is 44.0 Å². The molecule has 10 heteroatoms. The SMILES string of the molecule is COc1cc2nc(C)ccc2cc1-c1cnc([C@H](CCCCCC(=O)C2NC=CO2)Nc2ncccn2)[nH]1. The van der Waals surface area contributed by atoms with Crippen molar-refractivity contribution in [1.29, 1.82) is 0 Å². The third kappa shape index (κ3) is 5.91. The number of aryl methyl sites for hydroxylation is 1. The average Bonchev–Trinajstić information content (AvgIpc) is 3.65. The number of fused-ring (bicyclic) bond motifs is 1. The number of hydrogen-bond acceptors (Lipinski definition) is 9. The van der Waals surface area contributed by atoms with Crippen molar-refractivity contribution in [2.24, 2.45) is 0 Å². The Morgan fingerprint density at radius 2 is 2.03 bits per heavy atom. The second kappa shape index (κ2) is 11.7. The van der Waals surface area contributed by atoms with Gasteiger partial charge in [0, 0.05) is 47.7 Å². The first-order valence-corrected chi connectivity index (χ1v) is 12.7. The van der Waals surface area contributed by atoms with Gasteiger partial charge in [-0.05, 0) is 38.0 Å². The van der Waals surface area contributed by atoms with Crippen molar-refractivity contribution in [2.75, 3.05) is 12.4 Å². The van der Waals surface area contributed by atoms with E-state index >= 15 is 0 Å². The highest BCUT2D eigenvalue weighted by molar-refractivity contribution is 5.87. The third-order valence-corrected chi connectivity index (χ3v) is 6.47. The molecule has 196 valence electrons. The van der Waals surface area contributed by atoms with Crippen LogP contribution in [0.25, 0.3) is 22.2 Å². The number of carbonyl (C=O) groups excluding carboxylic acids is 1. The Hall–Kier alpha value is -4.47. The van der Waals surface area contributed by atoms with E-state index in [1.807, 2.05) is 25.3 Å². The molecule has 0 aliphatic carbocycles.